The van der Waals surface area contributed by atoms with Crippen LogP contribution >= 0.6 is 0 Å². The summed E-state index contributed by atoms with van der Waals surface area (Å²) in [5.74, 6) is 0.586. The molecule has 1 atom stereocenters. The second-order valence-corrected chi connectivity index (χ2v) is 7.31. The molecule has 0 amide bonds. The number of ether oxygens (including phenoxy) is 1. The van der Waals surface area contributed by atoms with Crippen molar-refractivity contribution in [2.24, 2.45) is 0 Å². The van der Waals surface area contributed by atoms with E-state index in [1.165, 1.54) is 4.52 Å². The number of rotatable bonds is 3. The lowest BCUT2D eigenvalue weighted by atomic mass is 10.1. The first-order valence-electron chi connectivity index (χ1n) is 9.76. The average molecular weight is 391 g/mol. The van der Waals surface area contributed by atoms with E-state index in [9.17, 15) is 4.79 Å². The lowest BCUT2D eigenvalue weighted by molar-refractivity contribution is -0.00127. The summed E-state index contributed by atoms with van der Waals surface area (Å²) in [7, 11) is 0. The highest BCUT2D eigenvalue weighted by Gasteiger charge is 2.26. The van der Waals surface area contributed by atoms with Gasteiger partial charge in [-0.15, -0.1) is 10.2 Å². The maximum absolute atomic E-state index is 13.3. The molecule has 8 heteroatoms. The zero-order valence-corrected chi connectivity index (χ0v) is 16.3. The standard InChI is InChI=1S/C21H21N5O3/c1-12-17(20-24-23-19(29-20)15-10-6-7-11-28-15)21(27)26-18(22-12)16(13(2)25-26)14-8-4-3-5-9-14/h3-5,8-9,15,25H,6-7,10-11H2,1-2H3. The molecule has 148 valence electrons. The summed E-state index contributed by atoms with van der Waals surface area (Å²) in [6.45, 7) is 4.40. The van der Waals surface area contributed by atoms with E-state index in [2.05, 4.69) is 15.3 Å². The third-order valence-electron chi connectivity index (χ3n) is 5.31. The number of H-pyrrole nitrogens is 1. The van der Waals surface area contributed by atoms with Crippen LogP contribution in [0, 0.1) is 13.8 Å². The molecule has 0 spiro atoms. The van der Waals surface area contributed by atoms with Gasteiger partial charge in [0.05, 0.1) is 5.69 Å². The number of hydrogen-bond acceptors (Lipinski definition) is 6. The molecule has 1 aromatic carbocycles. The van der Waals surface area contributed by atoms with E-state index in [0.29, 0.717) is 29.4 Å². The molecule has 1 N–H and O–H groups in total. The summed E-state index contributed by atoms with van der Waals surface area (Å²) in [5, 5.41) is 11.4. The zero-order chi connectivity index (χ0) is 20.0. The molecule has 1 aliphatic rings. The fourth-order valence-electron chi connectivity index (χ4n) is 3.89. The smallest absolute Gasteiger partial charge is 0.285 e. The highest BCUT2D eigenvalue weighted by Crippen LogP contribution is 2.30. The van der Waals surface area contributed by atoms with Crippen LogP contribution in [-0.2, 0) is 4.74 Å². The number of benzene rings is 1. The second kappa shape index (κ2) is 6.97. The normalized spacial score (nSPS) is 17.1. The first-order chi connectivity index (χ1) is 14.1. The molecular formula is C21H21N5O3. The number of nitrogens with zero attached hydrogens (tertiary/aromatic N) is 4. The van der Waals surface area contributed by atoms with Crippen molar-refractivity contribution in [3.8, 4) is 22.6 Å². The van der Waals surface area contributed by atoms with Crippen LogP contribution in [0.15, 0.2) is 39.5 Å². The summed E-state index contributed by atoms with van der Waals surface area (Å²) in [6, 6.07) is 9.88. The summed E-state index contributed by atoms with van der Waals surface area (Å²) >= 11 is 0. The van der Waals surface area contributed by atoms with Crippen molar-refractivity contribution in [2.45, 2.75) is 39.2 Å². The van der Waals surface area contributed by atoms with Gasteiger partial charge in [0.2, 0.25) is 5.89 Å². The molecule has 8 nitrogen and oxygen atoms in total. The van der Waals surface area contributed by atoms with Gasteiger partial charge in [0.25, 0.3) is 11.4 Å². The summed E-state index contributed by atoms with van der Waals surface area (Å²) in [5.41, 5.74) is 3.92. The maximum Gasteiger partial charge on any atom is 0.285 e. The van der Waals surface area contributed by atoms with Crippen LogP contribution in [0.4, 0.5) is 0 Å². The fourth-order valence-corrected chi connectivity index (χ4v) is 3.89. The van der Waals surface area contributed by atoms with Gasteiger partial charge in [0, 0.05) is 17.9 Å². The summed E-state index contributed by atoms with van der Waals surface area (Å²) in [4.78, 5) is 18.0. The number of nitrogens with one attached hydrogen (secondary N) is 1. The number of hydrogen-bond donors (Lipinski definition) is 1. The second-order valence-electron chi connectivity index (χ2n) is 7.31. The van der Waals surface area contributed by atoms with Gasteiger partial charge < -0.3 is 9.15 Å². The van der Waals surface area contributed by atoms with Crippen molar-refractivity contribution >= 4 is 5.65 Å². The largest absolute Gasteiger partial charge is 0.418 e. The number of fused-ring (bicyclic) bond motifs is 1. The molecule has 1 aliphatic heterocycles. The predicted molar refractivity (Wildman–Crippen MR) is 107 cm³/mol. The van der Waals surface area contributed by atoms with E-state index < -0.39 is 0 Å². The van der Waals surface area contributed by atoms with Crippen molar-refractivity contribution in [2.75, 3.05) is 6.61 Å². The van der Waals surface area contributed by atoms with Crippen molar-refractivity contribution in [3.63, 3.8) is 0 Å². The Morgan fingerprint density at radius 2 is 1.93 bits per heavy atom. The Kier molecular flexibility index (Phi) is 4.28. The number of aromatic amines is 1. The molecule has 4 aromatic rings. The van der Waals surface area contributed by atoms with Crippen molar-refractivity contribution in [1.29, 1.82) is 0 Å². The molecule has 29 heavy (non-hydrogen) atoms. The van der Waals surface area contributed by atoms with E-state index in [0.717, 1.165) is 36.1 Å². The maximum atomic E-state index is 13.3. The van der Waals surface area contributed by atoms with Gasteiger partial charge in [-0.3, -0.25) is 9.89 Å². The van der Waals surface area contributed by atoms with Crippen molar-refractivity contribution in [1.82, 2.24) is 24.8 Å². The Morgan fingerprint density at radius 1 is 1.10 bits per heavy atom. The number of aryl methyl sites for hydroxylation is 2. The molecule has 0 saturated carbocycles. The van der Waals surface area contributed by atoms with Crippen LogP contribution in [-0.4, -0.2) is 31.4 Å². The molecule has 5 rings (SSSR count). The van der Waals surface area contributed by atoms with Crippen LogP contribution in [0.3, 0.4) is 0 Å². The van der Waals surface area contributed by atoms with Gasteiger partial charge in [0.1, 0.15) is 11.7 Å². The monoisotopic (exact) mass is 391 g/mol. The first-order valence-corrected chi connectivity index (χ1v) is 9.76. The molecule has 1 fully saturated rings. The average Bonchev–Trinajstić information content (AvgIpc) is 3.34. The fraction of sp³-hybridized carbons (Fsp3) is 0.333. The summed E-state index contributed by atoms with van der Waals surface area (Å²) < 4.78 is 13.0. The van der Waals surface area contributed by atoms with Gasteiger partial charge in [-0.2, -0.15) is 0 Å². The Hall–Kier alpha value is -3.26. The van der Waals surface area contributed by atoms with E-state index in [-0.39, 0.29) is 17.6 Å². The summed E-state index contributed by atoms with van der Waals surface area (Å²) in [6.07, 6.45) is 2.73. The third kappa shape index (κ3) is 2.96. The SMILES string of the molecule is Cc1nc2c(-c3ccccc3)c(C)[nH]n2c(=O)c1-c1nnc(C2CCCCO2)o1. The lowest BCUT2D eigenvalue weighted by Gasteiger charge is -2.18. The third-order valence-corrected chi connectivity index (χ3v) is 5.31. The van der Waals surface area contributed by atoms with E-state index in [1.807, 2.05) is 37.3 Å². The van der Waals surface area contributed by atoms with Crippen LogP contribution in [0.2, 0.25) is 0 Å². The molecule has 1 saturated heterocycles. The predicted octanol–water partition coefficient (Wildman–Crippen LogP) is 3.60. The van der Waals surface area contributed by atoms with Gasteiger partial charge >= 0.3 is 0 Å². The Morgan fingerprint density at radius 3 is 2.69 bits per heavy atom. The van der Waals surface area contributed by atoms with E-state index in [1.54, 1.807) is 6.92 Å². The minimum Gasteiger partial charge on any atom is -0.418 e. The van der Waals surface area contributed by atoms with Crippen molar-refractivity contribution < 1.29 is 9.15 Å². The highest BCUT2D eigenvalue weighted by molar-refractivity contribution is 5.80. The number of aromatic nitrogens is 5. The van der Waals surface area contributed by atoms with Gasteiger partial charge in [0.15, 0.2) is 5.65 Å². The van der Waals surface area contributed by atoms with Gasteiger partial charge in [-0.25, -0.2) is 9.50 Å². The van der Waals surface area contributed by atoms with Gasteiger partial charge in [-0.05, 0) is 38.7 Å². The first kappa shape index (κ1) is 17.8. The Balaban J connectivity index is 1.63. The lowest BCUT2D eigenvalue weighted by Crippen LogP contribution is -2.19. The molecule has 0 bridgehead atoms. The van der Waals surface area contributed by atoms with E-state index >= 15 is 0 Å². The topological polar surface area (TPSA) is 98.3 Å². The zero-order valence-electron chi connectivity index (χ0n) is 16.3. The minimum atomic E-state index is -0.266. The Bertz CT molecular complexity index is 1230. The Labute approximate surface area is 166 Å². The van der Waals surface area contributed by atoms with Gasteiger partial charge in [-0.1, -0.05) is 30.3 Å². The van der Waals surface area contributed by atoms with E-state index in [4.69, 9.17) is 14.1 Å². The molecule has 0 aliphatic carbocycles. The highest BCUT2D eigenvalue weighted by atomic mass is 16.5. The minimum absolute atomic E-state index is 0.173. The van der Waals surface area contributed by atoms with Crippen molar-refractivity contribution in [3.05, 3.63) is 58.0 Å². The molecular weight excluding hydrogens is 370 g/mol. The van der Waals surface area contributed by atoms with Crippen LogP contribution < -0.4 is 5.56 Å². The molecule has 3 aromatic heterocycles. The molecule has 0 radical (unpaired) electrons. The quantitative estimate of drug-likeness (QED) is 0.573. The molecule has 1 unspecified atom stereocenters. The van der Waals surface area contributed by atoms with Crippen LogP contribution in [0.25, 0.3) is 28.2 Å². The molecule has 4 heterocycles. The van der Waals surface area contributed by atoms with Crippen LogP contribution in [0.1, 0.15) is 42.6 Å². The van der Waals surface area contributed by atoms with Crippen LogP contribution in [0.5, 0.6) is 0 Å².